The molecule has 0 amide bonds. The van der Waals surface area contributed by atoms with E-state index in [1.165, 1.54) is 0 Å². The van der Waals surface area contributed by atoms with Gasteiger partial charge in [0.25, 0.3) is 9.05 Å². The molecule has 0 fully saturated rings. The van der Waals surface area contributed by atoms with Crippen LogP contribution in [0.3, 0.4) is 0 Å². The summed E-state index contributed by atoms with van der Waals surface area (Å²) in [5, 5.41) is 0. The fourth-order valence-electron chi connectivity index (χ4n) is 0.956. The van der Waals surface area contributed by atoms with Crippen LogP contribution in [0.2, 0.25) is 0 Å². The van der Waals surface area contributed by atoms with E-state index in [2.05, 4.69) is 4.74 Å². The van der Waals surface area contributed by atoms with Crippen molar-refractivity contribution in [1.82, 2.24) is 0 Å². The Bertz CT molecular complexity index is 466. The standard InChI is InChI=1S/C8H6ClF3O3S/c9-16(13,14)5-3-6(11)8(7(12)4-5)15-2-1-10/h3-4H,1-2H2. The summed E-state index contributed by atoms with van der Waals surface area (Å²) < 4.78 is 64.0. The van der Waals surface area contributed by atoms with E-state index in [4.69, 9.17) is 10.7 Å². The zero-order valence-corrected chi connectivity index (χ0v) is 9.29. The highest BCUT2D eigenvalue weighted by Crippen LogP contribution is 2.26. The molecular weight excluding hydrogens is 269 g/mol. The first-order valence-corrected chi connectivity index (χ1v) is 6.29. The van der Waals surface area contributed by atoms with Crippen molar-refractivity contribution in [3.05, 3.63) is 23.8 Å². The molecule has 0 atom stereocenters. The smallest absolute Gasteiger partial charge is 0.261 e. The summed E-state index contributed by atoms with van der Waals surface area (Å²) in [7, 11) is 0.675. The molecule has 3 nitrogen and oxygen atoms in total. The third-order valence-electron chi connectivity index (χ3n) is 1.58. The Balaban J connectivity index is 3.18. The Kier molecular flexibility index (Phi) is 4.03. The summed E-state index contributed by atoms with van der Waals surface area (Å²) in [5.74, 6) is -3.35. The summed E-state index contributed by atoms with van der Waals surface area (Å²) >= 11 is 0. The zero-order valence-electron chi connectivity index (χ0n) is 7.71. The third kappa shape index (κ3) is 3.02. The zero-order chi connectivity index (χ0) is 12.3. The van der Waals surface area contributed by atoms with E-state index in [1.807, 2.05) is 0 Å². The van der Waals surface area contributed by atoms with Crippen molar-refractivity contribution >= 4 is 19.7 Å². The van der Waals surface area contributed by atoms with Gasteiger partial charge in [0.15, 0.2) is 17.4 Å². The molecule has 0 saturated carbocycles. The number of halogens is 4. The van der Waals surface area contributed by atoms with E-state index in [-0.39, 0.29) is 0 Å². The monoisotopic (exact) mass is 274 g/mol. The topological polar surface area (TPSA) is 43.4 Å². The van der Waals surface area contributed by atoms with E-state index in [0.29, 0.717) is 12.1 Å². The van der Waals surface area contributed by atoms with Crippen LogP contribution in [0.15, 0.2) is 17.0 Å². The van der Waals surface area contributed by atoms with Crippen LogP contribution in [-0.4, -0.2) is 21.7 Å². The first-order valence-electron chi connectivity index (χ1n) is 3.98. The van der Waals surface area contributed by atoms with E-state index in [1.54, 1.807) is 0 Å². The Morgan fingerprint density at radius 2 is 1.75 bits per heavy atom. The maximum atomic E-state index is 13.2. The number of alkyl halides is 1. The van der Waals surface area contributed by atoms with Gasteiger partial charge >= 0.3 is 0 Å². The minimum atomic E-state index is -4.22. The van der Waals surface area contributed by atoms with Crippen molar-refractivity contribution in [2.24, 2.45) is 0 Å². The lowest BCUT2D eigenvalue weighted by Crippen LogP contribution is -2.04. The van der Waals surface area contributed by atoms with Gasteiger partial charge in [-0.05, 0) is 12.1 Å². The molecule has 0 aromatic heterocycles. The first-order chi connectivity index (χ1) is 7.36. The minimum Gasteiger partial charge on any atom is -0.485 e. The second kappa shape index (κ2) is 4.92. The van der Waals surface area contributed by atoms with Crippen LogP contribution in [0.5, 0.6) is 5.75 Å². The van der Waals surface area contributed by atoms with Gasteiger partial charge in [0.1, 0.15) is 13.3 Å². The van der Waals surface area contributed by atoms with Crippen molar-refractivity contribution in [2.75, 3.05) is 13.3 Å². The second-order valence-electron chi connectivity index (χ2n) is 2.69. The molecule has 16 heavy (non-hydrogen) atoms. The van der Waals surface area contributed by atoms with Gasteiger partial charge in [0.2, 0.25) is 0 Å². The predicted octanol–water partition coefficient (Wildman–Crippen LogP) is 2.24. The number of rotatable bonds is 4. The molecule has 0 aliphatic rings. The summed E-state index contributed by atoms with van der Waals surface area (Å²) in [4.78, 5) is -0.725. The van der Waals surface area contributed by atoms with Crippen LogP contribution in [0, 0.1) is 11.6 Å². The normalized spacial score (nSPS) is 11.5. The molecular formula is C8H6ClF3O3S. The Morgan fingerprint density at radius 1 is 1.25 bits per heavy atom. The largest absolute Gasteiger partial charge is 0.485 e. The van der Waals surface area contributed by atoms with Gasteiger partial charge < -0.3 is 4.74 Å². The third-order valence-corrected chi connectivity index (χ3v) is 2.91. The summed E-state index contributed by atoms with van der Waals surface area (Å²) in [6, 6.07) is 0.998. The van der Waals surface area contributed by atoms with Crippen LogP contribution in [0.4, 0.5) is 13.2 Å². The van der Waals surface area contributed by atoms with Crippen molar-refractivity contribution < 1.29 is 26.3 Å². The average Bonchev–Trinajstić information content (AvgIpc) is 2.15. The lowest BCUT2D eigenvalue weighted by atomic mass is 10.3. The van der Waals surface area contributed by atoms with E-state index >= 15 is 0 Å². The van der Waals surface area contributed by atoms with Crippen LogP contribution < -0.4 is 4.74 Å². The van der Waals surface area contributed by atoms with Crippen molar-refractivity contribution in [3.8, 4) is 5.75 Å². The summed E-state index contributed by atoms with van der Waals surface area (Å²) in [6.45, 7) is -1.45. The van der Waals surface area contributed by atoms with Gasteiger partial charge in [-0.15, -0.1) is 0 Å². The molecule has 0 saturated heterocycles. The first kappa shape index (κ1) is 13.1. The molecule has 1 aromatic carbocycles. The van der Waals surface area contributed by atoms with Gasteiger partial charge in [0, 0.05) is 10.7 Å². The van der Waals surface area contributed by atoms with E-state index in [0.717, 1.165) is 0 Å². The summed E-state index contributed by atoms with van der Waals surface area (Å²) in [5.41, 5.74) is 0. The molecule has 0 radical (unpaired) electrons. The molecule has 0 aliphatic heterocycles. The Labute approximate surface area is 94.2 Å². The maximum Gasteiger partial charge on any atom is 0.261 e. The van der Waals surface area contributed by atoms with Crippen LogP contribution in [-0.2, 0) is 9.05 Å². The SMILES string of the molecule is O=S(=O)(Cl)c1cc(F)c(OCCF)c(F)c1. The van der Waals surface area contributed by atoms with Crippen LogP contribution >= 0.6 is 10.7 Å². The highest BCUT2D eigenvalue weighted by molar-refractivity contribution is 8.13. The second-order valence-corrected chi connectivity index (χ2v) is 5.26. The number of hydrogen-bond donors (Lipinski definition) is 0. The maximum absolute atomic E-state index is 13.2. The fourth-order valence-corrected chi connectivity index (χ4v) is 1.71. The van der Waals surface area contributed by atoms with Crippen molar-refractivity contribution in [3.63, 3.8) is 0 Å². The van der Waals surface area contributed by atoms with Gasteiger partial charge in [0.05, 0.1) is 4.90 Å². The molecule has 0 unspecified atom stereocenters. The number of hydrogen-bond acceptors (Lipinski definition) is 3. The van der Waals surface area contributed by atoms with Crippen LogP contribution in [0.25, 0.3) is 0 Å². The van der Waals surface area contributed by atoms with Gasteiger partial charge in [-0.3, -0.25) is 0 Å². The van der Waals surface area contributed by atoms with Gasteiger partial charge in [-0.1, -0.05) is 0 Å². The predicted molar refractivity (Wildman–Crippen MR) is 50.9 cm³/mol. The molecule has 1 rings (SSSR count). The summed E-state index contributed by atoms with van der Waals surface area (Å²) in [6.07, 6.45) is 0. The molecule has 0 bridgehead atoms. The quantitative estimate of drug-likeness (QED) is 0.791. The molecule has 0 N–H and O–H groups in total. The minimum absolute atomic E-state index is 0.499. The Hall–Kier alpha value is -0.950. The van der Waals surface area contributed by atoms with Crippen molar-refractivity contribution in [1.29, 1.82) is 0 Å². The average molecular weight is 275 g/mol. The van der Waals surface area contributed by atoms with Crippen molar-refractivity contribution in [2.45, 2.75) is 4.90 Å². The van der Waals surface area contributed by atoms with Gasteiger partial charge in [-0.2, -0.15) is 0 Å². The highest BCUT2D eigenvalue weighted by Gasteiger charge is 2.18. The van der Waals surface area contributed by atoms with E-state index < -0.39 is 44.6 Å². The highest BCUT2D eigenvalue weighted by atomic mass is 35.7. The van der Waals surface area contributed by atoms with Crippen LogP contribution in [0.1, 0.15) is 0 Å². The lowest BCUT2D eigenvalue weighted by molar-refractivity contribution is 0.250. The molecule has 1 aromatic rings. The fraction of sp³-hybridized carbons (Fsp3) is 0.250. The molecule has 0 aliphatic carbocycles. The molecule has 90 valence electrons. The van der Waals surface area contributed by atoms with Gasteiger partial charge in [-0.25, -0.2) is 21.6 Å². The number of ether oxygens (including phenoxy) is 1. The molecule has 8 heteroatoms. The number of benzene rings is 1. The Morgan fingerprint density at radius 3 is 2.12 bits per heavy atom. The lowest BCUT2D eigenvalue weighted by Gasteiger charge is -2.07. The molecule has 0 heterocycles. The molecule has 0 spiro atoms. The van der Waals surface area contributed by atoms with E-state index in [9.17, 15) is 21.6 Å².